The van der Waals surface area contributed by atoms with Crippen molar-refractivity contribution in [3.63, 3.8) is 0 Å². The third-order valence-electron chi connectivity index (χ3n) is 3.92. The van der Waals surface area contributed by atoms with E-state index < -0.39 is 0 Å². The minimum absolute atomic E-state index is 0.214. The quantitative estimate of drug-likeness (QED) is 0.894. The van der Waals surface area contributed by atoms with E-state index in [0.29, 0.717) is 6.04 Å². The van der Waals surface area contributed by atoms with Gasteiger partial charge >= 0.3 is 0 Å². The number of nitrogens with zero attached hydrogens (tertiary/aromatic N) is 2. The Kier molecular flexibility index (Phi) is 3.69. The summed E-state index contributed by atoms with van der Waals surface area (Å²) < 4.78 is 7.52. The second-order valence-electron chi connectivity index (χ2n) is 5.34. The molecule has 1 fully saturated rings. The molecule has 1 unspecified atom stereocenters. The van der Waals surface area contributed by atoms with Crippen LogP contribution in [-0.4, -0.2) is 9.78 Å². The van der Waals surface area contributed by atoms with Gasteiger partial charge in [0, 0.05) is 12.7 Å². The highest BCUT2D eigenvalue weighted by molar-refractivity contribution is 5.05. The van der Waals surface area contributed by atoms with Crippen LogP contribution >= 0.6 is 0 Å². The van der Waals surface area contributed by atoms with Crippen molar-refractivity contribution in [1.82, 2.24) is 15.1 Å². The number of nitrogens with one attached hydrogen (secondary N) is 1. The average Bonchev–Trinajstić information content (AvgIpc) is 3.14. The predicted molar refractivity (Wildman–Crippen MR) is 73.7 cm³/mol. The lowest BCUT2D eigenvalue weighted by molar-refractivity contribution is 0.423. The Bertz CT molecular complexity index is 497. The maximum Gasteiger partial charge on any atom is 0.120 e. The first-order valence-corrected chi connectivity index (χ1v) is 7.14. The third-order valence-corrected chi connectivity index (χ3v) is 3.92. The Morgan fingerprint density at radius 2 is 2.26 bits per heavy atom. The second kappa shape index (κ2) is 5.61. The van der Waals surface area contributed by atoms with Crippen LogP contribution < -0.4 is 5.32 Å². The molecule has 2 heterocycles. The average molecular weight is 259 g/mol. The highest BCUT2D eigenvalue weighted by Crippen LogP contribution is 2.28. The molecular formula is C15H21N3O. The number of rotatable bonds is 5. The van der Waals surface area contributed by atoms with E-state index in [1.807, 2.05) is 12.1 Å². The Labute approximate surface area is 113 Å². The monoisotopic (exact) mass is 259 g/mol. The first-order chi connectivity index (χ1) is 9.33. The standard InChI is InChI=1S/C15H21N3O/c1-12(15-7-4-10-19-15)16-11-13-8-9-18(17-13)14-5-2-3-6-14/h4,7-10,12,14,16H,2-3,5-6,11H2,1H3. The lowest BCUT2D eigenvalue weighted by Crippen LogP contribution is -2.18. The molecule has 4 heteroatoms. The molecule has 19 heavy (non-hydrogen) atoms. The van der Waals surface area contributed by atoms with Gasteiger partial charge in [-0.25, -0.2) is 0 Å². The maximum absolute atomic E-state index is 5.38. The zero-order valence-electron chi connectivity index (χ0n) is 11.4. The summed E-state index contributed by atoms with van der Waals surface area (Å²) in [6.45, 7) is 2.88. The van der Waals surface area contributed by atoms with Crippen molar-refractivity contribution in [3.05, 3.63) is 42.1 Å². The van der Waals surface area contributed by atoms with E-state index in [0.717, 1.165) is 18.0 Å². The molecule has 0 aliphatic heterocycles. The minimum Gasteiger partial charge on any atom is -0.468 e. The lowest BCUT2D eigenvalue weighted by Gasteiger charge is -2.11. The van der Waals surface area contributed by atoms with Gasteiger partial charge in [0.15, 0.2) is 0 Å². The molecule has 1 atom stereocenters. The van der Waals surface area contributed by atoms with Gasteiger partial charge in [0.05, 0.1) is 24.0 Å². The van der Waals surface area contributed by atoms with Gasteiger partial charge in [0.1, 0.15) is 5.76 Å². The maximum atomic E-state index is 5.38. The fourth-order valence-electron chi connectivity index (χ4n) is 2.74. The van der Waals surface area contributed by atoms with Crippen molar-refractivity contribution in [2.24, 2.45) is 0 Å². The van der Waals surface area contributed by atoms with Crippen LogP contribution in [0.2, 0.25) is 0 Å². The van der Waals surface area contributed by atoms with Gasteiger partial charge in [-0.1, -0.05) is 12.8 Å². The molecule has 0 aromatic carbocycles. The highest BCUT2D eigenvalue weighted by atomic mass is 16.3. The zero-order valence-corrected chi connectivity index (χ0v) is 11.4. The van der Waals surface area contributed by atoms with E-state index in [-0.39, 0.29) is 6.04 Å². The molecule has 0 bridgehead atoms. The predicted octanol–water partition coefficient (Wildman–Crippen LogP) is 3.44. The van der Waals surface area contributed by atoms with Crippen molar-refractivity contribution >= 4 is 0 Å². The summed E-state index contributed by atoms with van der Waals surface area (Å²) >= 11 is 0. The van der Waals surface area contributed by atoms with Crippen LogP contribution in [0.1, 0.15) is 56.1 Å². The van der Waals surface area contributed by atoms with E-state index in [1.165, 1.54) is 25.7 Å². The van der Waals surface area contributed by atoms with Gasteiger partial charge in [-0.15, -0.1) is 0 Å². The van der Waals surface area contributed by atoms with Crippen molar-refractivity contribution in [3.8, 4) is 0 Å². The smallest absolute Gasteiger partial charge is 0.120 e. The van der Waals surface area contributed by atoms with Gasteiger partial charge in [0.25, 0.3) is 0 Å². The Morgan fingerprint density at radius 3 is 3.00 bits per heavy atom. The molecule has 2 aromatic heterocycles. The third kappa shape index (κ3) is 2.89. The summed E-state index contributed by atoms with van der Waals surface area (Å²) in [7, 11) is 0. The first kappa shape index (κ1) is 12.5. The van der Waals surface area contributed by atoms with Crippen LogP contribution in [0, 0.1) is 0 Å². The van der Waals surface area contributed by atoms with Gasteiger partial charge in [0.2, 0.25) is 0 Å². The van der Waals surface area contributed by atoms with E-state index in [2.05, 4.69) is 34.3 Å². The Morgan fingerprint density at radius 1 is 1.42 bits per heavy atom. The van der Waals surface area contributed by atoms with Crippen molar-refractivity contribution < 1.29 is 4.42 Å². The van der Waals surface area contributed by atoms with Gasteiger partial charge in [-0.05, 0) is 38.0 Å². The minimum atomic E-state index is 0.214. The molecule has 0 spiro atoms. The van der Waals surface area contributed by atoms with Crippen molar-refractivity contribution in [2.45, 2.75) is 51.2 Å². The van der Waals surface area contributed by atoms with E-state index in [1.54, 1.807) is 6.26 Å². The number of hydrogen-bond donors (Lipinski definition) is 1. The SMILES string of the molecule is CC(NCc1ccn(C2CCCC2)n1)c1ccco1. The van der Waals surface area contributed by atoms with Gasteiger partial charge in [-0.3, -0.25) is 4.68 Å². The summed E-state index contributed by atoms with van der Waals surface area (Å²) in [6, 6.07) is 6.86. The van der Waals surface area contributed by atoms with Crippen LogP contribution in [0.4, 0.5) is 0 Å². The van der Waals surface area contributed by atoms with Crippen LogP contribution in [0.15, 0.2) is 35.1 Å². The molecule has 102 valence electrons. The Balaban J connectivity index is 1.55. The molecule has 1 N–H and O–H groups in total. The van der Waals surface area contributed by atoms with Crippen molar-refractivity contribution in [1.29, 1.82) is 0 Å². The van der Waals surface area contributed by atoms with Crippen LogP contribution in [0.3, 0.4) is 0 Å². The normalized spacial score (nSPS) is 17.9. The number of furan rings is 1. The van der Waals surface area contributed by atoms with Crippen molar-refractivity contribution in [2.75, 3.05) is 0 Å². The molecule has 0 radical (unpaired) electrons. The van der Waals surface area contributed by atoms with Crippen LogP contribution in [0.25, 0.3) is 0 Å². The fourth-order valence-corrected chi connectivity index (χ4v) is 2.74. The molecule has 2 aromatic rings. The largest absolute Gasteiger partial charge is 0.468 e. The molecule has 0 saturated heterocycles. The summed E-state index contributed by atoms with van der Waals surface area (Å²) in [4.78, 5) is 0. The fraction of sp³-hybridized carbons (Fsp3) is 0.533. The number of hydrogen-bond acceptors (Lipinski definition) is 3. The molecule has 1 aliphatic carbocycles. The second-order valence-corrected chi connectivity index (χ2v) is 5.34. The molecule has 3 rings (SSSR count). The van der Waals surface area contributed by atoms with Gasteiger partial charge < -0.3 is 9.73 Å². The van der Waals surface area contributed by atoms with E-state index >= 15 is 0 Å². The van der Waals surface area contributed by atoms with E-state index in [4.69, 9.17) is 4.42 Å². The highest BCUT2D eigenvalue weighted by Gasteiger charge is 2.17. The summed E-state index contributed by atoms with van der Waals surface area (Å²) in [5, 5.41) is 8.10. The van der Waals surface area contributed by atoms with E-state index in [9.17, 15) is 0 Å². The molecule has 1 saturated carbocycles. The molecule has 1 aliphatic rings. The lowest BCUT2D eigenvalue weighted by atomic mass is 10.2. The summed E-state index contributed by atoms with van der Waals surface area (Å²) in [5.41, 5.74) is 1.10. The van der Waals surface area contributed by atoms with Crippen LogP contribution in [-0.2, 0) is 6.54 Å². The van der Waals surface area contributed by atoms with Gasteiger partial charge in [-0.2, -0.15) is 5.10 Å². The van der Waals surface area contributed by atoms with Crippen LogP contribution in [0.5, 0.6) is 0 Å². The topological polar surface area (TPSA) is 43.0 Å². The summed E-state index contributed by atoms with van der Waals surface area (Å²) in [5.74, 6) is 0.968. The molecule has 0 amide bonds. The first-order valence-electron chi connectivity index (χ1n) is 7.14. The zero-order chi connectivity index (χ0) is 13.1. The summed E-state index contributed by atoms with van der Waals surface area (Å²) in [6.07, 6.45) is 9.06. The Hall–Kier alpha value is -1.55. The number of aromatic nitrogens is 2. The molecular weight excluding hydrogens is 238 g/mol. The molecule has 4 nitrogen and oxygen atoms in total.